The molecule has 0 aliphatic heterocycles. The van der Waals surface area contributed by atoms with Gasteiger partial charge in [0.25, 0.3) is 0 Å². The molecule has 40 valence electrons. The standard InChI is InChI=1S/C5H12Si2/c1-5(2,3)7-6-4/h1-4H3. The number of hydrogen-bond acceptors (Lipinski definition) is 0. The molecule has 0 fully saturated rings. The van der Waals surface area contributed by atoms with Gasteiger partial charge in [-0.1, -0.05) is 27.3 Å². The molecule has 0 aliphatic rings. The molecule has 0 unspecified atom stereocenters. The predicted molar refractivity (Wildman–Crippen MR) is 37.1 cm³/mol. The summed E-state index contributed by atoms with van der Waals surface area (Å²) in [6.45, 7) is 9.15. The molecular weight excluding hydrogens is 116 g/mol. The van der Waals surface area contributed by atoms with Crippen molar-refractivity contribution in [3.63, 3.8) is 0 Å². The summed E-state index contributed by atoms with van der Waals surface area (Å²) in [6, 6.07) is 0. The van der Waals surface area contributed by atoms with Crippen LogP contribution in [0.4, 0.5) is 0 Å². The van der Waals surface area contributed by atoms with Crippen LogP contribution < -0.4 is 0 Å². The first-order valence-corrected chi connectivity index (χ1v) is 6.00. The van der Waals surface area contributed by atoms with E-state index in [2.05, 4.69) is 27.3 Å². The van der Waals surface area contributed by atoms with Crippen molar-refractivity contribution in [2.45, 2.75) is 32.4 Å². The van der Waals surface area contributed by atoms with Gasteiger partial charge in [0.05, 0.1) is 0 Å². The Hall–Kier alpha value is 0.434. The Balaban J connectivity index is 3.15. The Morgan fingerprint density at radius 1 is 1.14 bits per heavy atom. The molecule has 0 saturated heterocycles. The van der Waals surface area contributed by atoms with Gasteiger partial charge in [-0.25, -0.2) is 0 Å². The topological polar surface area (TPSA) is 0 Å². The Morgan fingerprint density at radius 2 is 1.57 bits per heavy atom. The summed E-state index contributed by atoms with van der Waals surface area (Å²) >= 11 is 0. The molecule has 0 atom stereocenters. The lowest BCUT2D eigenvalue weighted by atomic mass is 10.3. The van der Waals surface area contributed by atoms with Crippen LogP contribution in [0.1, 0.15) is 20.8 Å². The summed E-state index contributed by atoms with van der Waals surface area (Å²) in [5.41, 5.74) is 0. The van der Waals surface area contributed by atoms with Crippen LogP contribution in [-0.2, 0) is 0 Å². The van der Waals surface area contributed by atoms with Crippen molar-refractivity contribution in [1.82, 2.24) is 0 Å². The highest BCUT2D eigenvalue weighted by Gasteiger charge is 2.07. The quantitative estimate of drug-likeness (QED) is 0.470. The van der Waals surface area contributed by atoms with Crippen LogP contribution in [0.5, 0.6) is 0 Å². The maximum Gasteiger partial charge on any atom is 0.0292 e. The van der Waals surface area contributed by atoms with Crippen LogP contribution in [0.3, 0.4) is 0 Å². The van der Waals surface area contributed by atoms with E-state index in [9.17, 15) is 0 Å². The van der Waals surface area contributed by atoms with Crippen molar-refractivity contribution < 1.29 is 0 Å². The van der Waals surface area contributed by atoms with Crippen LogP contribution in [-0.4, -0.2) is 18.1 Å². The van der Waals surface area contributed by atoms with Crippen LogP contribution >= 0.6 is 0 Å². The van der Waals surface area contributed by atoms with E-state index in [1.807, 2.05) is 0 Å². The van der Waals surface area contributed by atoms with Gasteiger partial charge < -0.3 is 0 Å². The van der Waals surface area contributed by atoms with E-state index in [0.29, 0.717) is 5.04 Å². The molecule has 0 saturated carbocycles. The molecule has 7 heavy (non-hydrogen) atoms. The zero-order chi connectivity index (χ0) is 5.91. The van der Waals surface area contributed by atoms with Crippen molar-refractivity contribution in [3.05, 3.63) is 0 Å². The lowest BCUT2D eigenvalue weighted by Crippen LogP contribution is -2.12. The van der Waals surface area contributed by atoms with Gasteiger partial charge in [0.2, 0.25) is 0 Å². The van der Waals surface area contributed by atoms with E-state index in [0.717, 1.165) is 18.1 Å². The Morgan fingerprint density at radius 3 is 1.57 bits per heavy atom. The molecule has 0 heterocycles. The fourth-order valence-corrected chi connectivity index (χ4v) is 3.38. The molecular formula is C5H12Si2. The highest BCUT2D eigenvalue weighted by molar-refractivity contribution is 7.01. The Labute approximate surface area is 51.1 Å². The molecule has 0 nitrogen and oxygen atoms in total. The number of hydrogen-bond donors (Lipinski definition) is 0. The van der Waals surface area contributed by atoms with Crippen LogP contribution in [0.2, 0.25) is 11.6 Å². The Bertz CT molecular complexity index is 44.5. The van der Waals surface area contributed by atoms with Gasteiger partial charge in [0.15, 0.2) is 0 Å². The first kappa shape index (κ1) is 7.43. The summed E-state index contributed by atoms with van der Waals surface area (Å²) < 4.78 is 0. The highest BCUT2D eigenvalue weighted by Crippen LogP contribution is 2.18. The van der Waals surface area contributed by atoms with E-state index in [1.165, 1.54) is 0 Å². The van der Waals surface area contributed by atoms with E-state index in [4.69, 9.17) is 0 Å². The minimum absolute atomic E-state index is 0.590. The summed E-state index contributed by atoms with van der Waals surface area (Å²) in [4.78, 5) is 0. The van der Waals surface area contributed by atoms with Crippen molar-refractivity contribution >= 4 is 18.1 Å². The molecule has 0 amide bonds. The van der Waals surface area contributed by atoms with Crippen molar-refractivity contribution in [1.29, 1.82) is 0 Å². The monoisotopic (exact) mass is 128 g/mol. The molecule has 4 radical (unpaired) electrons. The van der Waals surface area contributed by atoms with E-state index in [1.54, 1.807) is 0 Å². The van der Waals surface area contributed by atoms with E-state index in [-0.39, 0.29) is 0 Å². The molecule has 0 bridgehead atoms. The fourth-order valence-electron chi connectivity index (χ4n) is 0.375. The largest absolute Gasteiger partial charge is 0.0758 e. The molecule has 0 rings (SSSR count). The second-order valence-electron chi connectivity index (χ2n) is 2.62. The molecule has 0 N–H and O–H groups in total. The first-order chi connectivity index (χ1) is 3.06. The zero-order valence-corrected chi connectivity index (χ0v) is 7.50. The minimum atomic E-state index is 0.590. The molecule has 0 aromatic heterocycles. The second-order valence-corrected chi connectivity index (χ2v) is 7.12. The first-order valence-electron chi connectivity index (χ1n) is 2.50. The van der Waals surface area contributed by atoms with Crippen molar-refractivity contribution in [2.24, 2.45) is 0 Å². The zero-order valence-electron chi connectivity index (χ0n) is 5.50. The summed E-state index contributed by atoms with van der Waals surface area (Å²) in [6.07, 6.45) is 0. The van der Waals surface area contributed by atoms with Gasteiger partial charge >= 0.3 is 0 Å². The van der Waals surface area contributed by atoms with Gasteiger partial charge in [0.1, 0.15) is 0 Å². The molecule has 2 heteroatoms. The second kappa shape index (κ2) is 2.67. The van der Waals surface area contributed by atoms with Gasteiger partial charge in [-0.15, -0.1) is 0 Å². The summed E-state index contributed by atoms with van der Waals surface area (Å²) in [5, 5.41) is 0.590. The summed E-state index contributed by atoms with van der Waals surface area (Å²) in [7, 11) is 2.29. The third-order valence-corrected chi connectivity index (χ3v) is 4.50. The third kappa shape index (κ3) is 6.43. The molecule has 0 aromatic carbocycles. The lowest BCUT2D eigenvalue weighted by molar-refractivity contribution is 0.762. The lowest BCUT2D eigenvalue weighted by Gasteiger charge is -2.13. The summed E-state index contributed by atoms with van der Waals surface area (Å²) in [5.74, 6) is 0. The van der Waals surface area contributed by atoms with Crippen LogP contribution in [0.15, 0.2) is 0 Å². The SMILES string of the molecule is C[Si][Si]C(C)(C)C. The molecule has 0 aliphatic carbocycles. The van der Waals surface area contributed by atoms with Gasteiger partial charge in [-0.2, -0.15) is 0 Å². The van der Waals surface area contributed by atoms with Crippen molar-refractivity contribution in [2.75, 3.05) is 0 Å². The van der Waals surface area contributed by atoms with E-state index < -0.39 is 0 Å². The van der Waals surface area contributed by atoms with Crippen LogP contribution in [0.25, 0.3) is 0 Å². The maximum atomic E-state index is 2.29. The normalized spacial score (nSPS) is 12.0. The predicted octanol–water partition coefficient (Wildman–Crippen LogP) is 1.58. The number of rotatable bonds is 1. The van der Waals surface area contributed by atoms with E-state index >= 15 is 0 Å². The average molecular weight is 128 g/mol. The average Bonchev–Trinajstić information content (AvgIpc) is 1.30. The Kier molecular flexibility index (Phi) is 2.84. The maximum absolute atomic E-state index is 2.29. The fraction of sp³-hybridized carbons (Fsp3) is 1.00. The van der Waals surface area contributed by atoms with Gasteiger partial charge in [-0.05, 0) is 5.04 Å². The smallest absolute Gasteiger partial charge is 0.0292 e. The third-order valence-electron chi connectivity index (χ3n) is 0.500. The molecule has 0 spiro atoms. The van der Waals surface area contributed by atoms with Crippen LogP contribution in [0, 0.1) is 0 Å². The minimum Gasteiger partial charge on any atom is -0.0758 e. The van der Waals surface area contributed by atoms with Crippen molar-refractivity contribution in [3.8, 4) is 0 Å². The highest BCUT2D eigenvalue weighted by atomic mass is 29.1. The molecule has 0 aromatic rings. The van der Waals surface area contributed by atoms with Gasteiger partial charge in [0, 0.05) is 18.1 Å². The van der Waals surface area contributed by atoms with Gasteiger partial charge in [-0.3, -0.25) is 0 Å².